The van der Waals surface area contributed by atoms with Gasteiger partial charge in [0.25, 0.3) is 5.91 Å². The van der Waals surface area contributed by atoms with Crippen molar-refractivity contribution < 1.29 is 37.9 Å². The van der Waals surface area contributed by atoms with Crippen LogP contribution in [-0.4, -0.2) is 59.8 Å². The normalized spacial score (nSPS) is 19.2. The van der Waals surface area contributed by atoms with Gasteiger partial charge in [0.2, 0.25) is 12.6 Å². The van der Waals surface area contributed by atoms with Crippen LogP contribution in [0.2, 0.25) is 5.02 Å². The summed E-state index contributed by atoms with van der Waals surface area (Å²) in [6, 6.07) is 13.5. The van der Waals surface area contributed by atoms with Crippen LogP contribution in [0.5, 0.6) is 0 Å². The van der Waals surface area contributed by atoms with Crippen molar-refractivity contribution in [3.8, 4) is 0 Å². The molecule has 1 saturated heterocycles. The van der Waals surface area contributed by atoms with E-state index >= 15 is 0 Å². The standard InChI is InChI=1S/C26H21ClN4O7S/c1-36-24(34)18-13-39-25(29-18)30-22(33)19(11-16-9-5-6-10-17(16)27)31(20(32)12-28-26(31)35)23-21(37-14-38-23)15-7-3-2-4-8-15/h2-10,13,19H,11-12,14H2,1H3,(H-,28,29,30,33,35)/p+1/t19-,31?/m0/s1. The molecule has 1 unspecified atom stereocenters. The minimum atomic E-state index is -1.39. The minimum Gasteiger partial charge on any atom is -0.464 e. The lowest BCUT2D eigenvalue weighted by atomic mass is 10.0. The first kappa shape index (κ1) is 26.4. The Labute approximate surface area is 231 Å². The molecule has 2 atom stereocenters. The molecule has 2 aromatic carbocycles. The number of carbonyl (C=O) groups excluding carboxylic acids is 4. The van der Waals surface area contributed by atoms with E-state index in [9.17, 15) is 19.2 Å². The minimum absolute atomic E-state index is 0.000871. The highest BCUT2D eigenvalue weighted by Gasteiger charge is 2.65. The van der Waals surface area contributed by atoms with Crippen molar-refractivity contribution in [2.45, 2.75) is 12.5 Å². The second kappa shape index (κ2) is 10.8. The maximum atomic E-state index is 14.0. The fraction of sp³-hybridized carbons (Fsp3) is 0.192. The number of urea groups is 1. The summed E-state index contributed by atoms with van der Waals surface area (Å²) in [6.07, 6.45) is -0.116. The van der Waals surface area contributed by atoms with Crippen LogP contribution >= 0.6 is 22.9 Å². The van der Waals surface area contributed by atoms with Gasteiger partial charge in [-0.15, -0.1) is 11.3 Å². The molecule has 39 heavy (non-hydrogen) atoms. The zero-order valence-electron chi connectivity index (χ0n) is 20.5. The number of rotatable bonds is 8. The van der Waals surface area contributed by atoms with E-state index < -0.39 is 34.3 Å². The van der Waals surface area contributed by atoms with Crippen molar-refractivity contribution >= 4 is 57.6 Å². The molecule has 3 aromatic rings. The predicted octanol–water partition coefficient (Wildman–Crippen LogP) is 3.53. The second-order valence-electron chi connectivity index (χ2n) is 8.51. The number of anilines is 1. The van der Waals surface area contributed by atoms with E-state index in [2.05, 4.69) is 20.4 Å². The van der Waals surface area contributed by atoms with E-state index in [1.54, 1.807) is 48.5 Å². The number of aromatic nitrogens is 1. The van der Waals surface area contributed by atoms with E-state index in [1.165, 1.54) is 12.5 Å². The lowest BCUT2D eigenvalue weighted by molar-refractivity contribution is -0.762. The number of esters is 1. The monoisotopic (exact) mass is 569 g/mol. The number of halogens is 1. The van der Waals surface area contributed by atoms with Gasteiger partial charge in [0, 0.05) is 22.4 Å². The first-order valence-electron chi connectivity index (χ1n) is 11.7. The van der Waals surface area contributed by atoms with Crippen molar-refractivity contribution in [3.63, 3.8) is 0 Å². The molecule has 3 heterocycles. The molecule has 4 amide bonds. The number of carbonyl (C=O) groups is 4. The number of imide groups is 1. The van der Waals surface area contributed by atoms with E-state index in [-0.39, 0.29) is 42.2 Å². The number of methoxy groups -OCH3 is 1. The summed E-state index contributed by atoms with van der Waals surface area (Å²) in [5, 5.41) is 7.07. The first-order valence-corrected chi connectivity index (χ1v) is 13.0. The molecule has 0 spiro atoms. The first-order chi connectivity index (χ1) is 18.9. The van der Waals surface area contributed by atoms with Crippen molar-refractivity contribution in [1.29, 1.82) is 0 Å². The number of quaternary nitrogens is 1. The average Bonchev–Trinajstić information content (AvgIpc) is 3.69. The van der Waals surface area contributed by atoms with E-state index in [0.29, 0.717) is 16.1 Å². The number of nitrogens with zero attached hydrogens (tertiary/aromatic N) is 2. The molecule has 2 aliphatic rings. The van der Waals surface area contributed by atoms with Gasteiger partial charge < -0.3 is 14.2 Å². The van der Waals surface area contributed by atoms with Gasteiger partial charge in [0.1, 0.15) is 6.54 Å². The van der Waals surface area contributed by atoms with E-state index in [0.717, 1.165) is 11.3 Å². The van der Waals surface area contributed by atoms with Crippen LogP contribution in [0.15, 0.2) is 65.9 Å². The topological polar surface area (TPSA) is 133 Å². The van der Waals surface area contributed by atoms with Crippen LogP contribution in [-0.2, 0) is 30.2 Å². The third-order valence-electron chi connectivity index (χ3n) is 6.32. The van der Waals surface area contributed by atoms with Crippen molar-refractivity contribution in [2.75, 3.05) is 25.8 Å². The number of nitrogens with one attached hydrogen (secondary N) is 2. The highest BCUT2D eigenvalue weighted by atomic mass is 35.5. The molecule has 1 fully saturated rings. The van der Waals surface area contributed by atoms with Crippen LogP contribution in [0.4, 0.5) is 9.93 Å². The Morgan fingerprint density at radius 3 is 2.59 bits per heavy atom. The summed E-state index contributed by atoms with van der Waals surface area (Å²) in [4.78, 5) is 57.3. The SMILES string of the molecule is COC(=O)c1csc(NC(=O)[C@H](Cc2ccccc2Cl)[N+]2(C3=C(c4ccccc4)OCO3)C(=O)CNC2=O)n1. The molecule has 0 bridgehead atoms. The number of hydrogen-bond donors (Lipinski definition) is 2. The van der Waals surface area contributed by atoms with Crippen molar-refractivity contribution in [1.82, 2.24) is 10.3 Å². The zero-order chi connectivity index (χ0) is 27.6. The Balaban J connectivity index is 1.65. The summed E-state index contributed by atoms with van der Waals surface area (Å²) in [5.74, 6) is -1.95. The maximum absolute atomic E-state index is 14.0. The highest BCUT2D eigenvalue weighted by Crippen LogP contribution is 2.40. The van der Waals surface area contributed by atoms with Gasteiger partial charge in [-0.25, -0.2) is 19.4 Å². The van der Waals surface area contributed by atoms with Gasteiger partial charge >= 0.3 is 23.8 Å². The molecule has 200 valence electrons. The van der Waals surface area contributed by atoms with Gasteiger partial charge in [-0.05, 0) is 11.6 Å². The Morgan fingerprint density at radius 1 is 1.15 bits per heavy atom. The van der Waals surface area contributed by atoms with E-state index in [1.807, 2.05) is 6.07 Å². The molecular weight excluding hydrogens is 548 g/mol. The average molecular weight is 570 g/mol. The van der Waals surface area contributed by atoms with Crippen LogP contribution in [0.1, 0.15) is 21.6 Å². The van der Waals surface area contributed by atoms with Gasteiger partial charge in [0.05, 0.1) is 7.11 Å². The molecule has 0 aliphatic carbocycles. The molecule has 5 rings (SSSR count). The summed E-state index contributed by atoms with van der Waals surface area (Å²) in [6.45, 7) is -0.584. The van der Waals surface area contributed by atoms with Crippen LogP contribution < -0.4 is 10.6 Å². The molecule has 13 heteroatoms. The van der Waals surface area contributed by atoms with Crippen LogP contribution in [0.3, 0.4) is 0 Å². The number of amides is 4. The third-order valence-corrected chi connectivity index (χ3v) is 7.45. The zero-order valence-corrected chi connectivity index (χ0v) is 22.1. The fourth-order valence-corrected chi connectivity index (χ4v) is 5.40. The summed E-state index contributed by atoms with van der Waals surface area (Å²) in [7, 11) is 1.22. The number of benzene rings is 2. The Hall–Kier alpha value is -4.26. The predicted molar refractivity (Wildman–Crippen MR) is 140 cm³/mol. The van der Waals surface area contributed by atoms with Crippen LogP contribution in [0.25, 0.3) is 5.76 Å². The Morgan fingerprint density at radius 2 is 1.90 bits per heavy atom. The molecule has 11 nitrogen and oxygen atoms in total. The molecule has 2 aliphatic heterocycles. The lowest BCUT2D eigenvalue weighted by Gasteiger charge is -2.33. The van der Waals surface area contributed by atoms with Crippen molar-refractivity contribution in [2.24, 2.45) is 0 Å². The second-order valence-corrected chi connectivity index (χ2v) is 9.78. The van der Waals surface area contributed by atoms with Gasteiger partial charge in [-0.1, -0.05) is 64.6 Å². The quantitative estimate of drug-likeness (QED) is 0.239. The number of hydrogen-bond acceptors (Lipinski definition) is 9. The maximum Gasteiger partial charge on any atom is 0.433 e. The highest BCUT2D eigenvalue weighted by molar-refractivity contribution is 7.14. The molecule has 2 N–H and O–H groups in total. The fourth-order valence-electron chi connectivity index (χ4n) is 4.50. The molecule has 0 saturated carbocycles. The largest absolute Gasteiger partial charge is 0.464 e. The van der Waals surface area contributed by atoms with Gasteiger partial charge in [-0.3, -0.25) is 15.4 Å². The number of thiazole rings is 1. The summed E-state index contributed by atoms with van der Waals surface area (Å²) in [5.41, 5.74) is 1.09. The van der Waals surface area contributed by atoms with Crippen LogP contribution in [0, 0.1) is 0 Å². The van der Waals surface area contributed by atoms with Gasteiger partial charge in [-0.2, -0.15) is 0 Å². The van der Waals surface area contributed by atoms with Crippen molar-refractivity contribution in [3.05, 3.63) is 87.7 Å². The Kier molecular flexibility index (Phi) is 7.33. The van der Waals surface area contributed by atoms with E-state index in [4.69, 9.17) is 21.1 Å². The molecule has 0 radical (unpaired) electrons. The lowest BCUT2D eigenvalue weighted by Crippen LogP contribution is -2.64. The summed E-state index contributed by atoms with van der Waals surface area (Å²) < 4.78 is 15.1. The molecule has 1 aromatic heterocycles. The molecular formula is C26H22ClN4O7S+. The van der Waals surface area contributed by atoms with Gasteiger partial charge in [0.15, 0.2) is 16.9 Å². The smallest absolute Gasteiger partial charge is 0.433 e. The Bertz CT molecular complexity index is 1470. The third kappa shape index (κ3) is 4.73. The number of ether oxygens (including phenoxy) is 3. The summed E-state index contributed by atoms with van der Waals surface area (Å²) >= 11 is 7.43.